The minimum absolute atomic E-state index is 0.0155. The Bertz CT molecular complexity index is 818. The van der Waals surface area contributed by atoms with E-state index in [4.69, 9.17) is 5.73 Å². The van der Waals surface area contributed by atoms with Gasteiger partial charge in [0, 0.05) is 36.2 Å². The van der Waals surface area contributed by atoms with Crippen molar-refractivity contribution in [2.45, 2.75) is 25.3 Å². The summed E-state index contributed by atoms with van der Waals surface area (Å²) in [6.45, 7) is 5.50. The Morgan fingerprint density at radius 3 is 2.73 bits per heavy atom. The maximum absolute atomic E-state index is 14.3. The van der Waals surface area contributed by atoms with Gasteiger partial charge in [-0.2, -0.15) is 0 Å². The molecule has 26 heavy (non-hydrogen) atoms. The zero-order chi connectivity index (χ0) is 18.9. The van der Waals surface area contributed by atoms with Crippen LogP contribution in [-0.2, 0) is 0 Å². The highest BCUT2D eigenvalue weighted by atomic mass is 79.9. The lowest BCUT2D eigenvalue weighted by atomic mass is 9.78. The van der Waals surface area contributed by atoms with Gasteiger partial charge in [0.25, 0.3) is 0 Å². The van der Waals surface area contributed by atoms with Crippen LogP contribution in [0.5, 0.6) is 0 Å². The molecule has 0 saturated carbocycles. The van der Waals surface area contributed by atoms with Gasteiger partial charge in [0.2, 0.25) is 0 Å². The molecule has 2 N–H and O–H groups in total. The Balaban J connectivity index is 2.00. The minimum atomic E-state index is -0.594. The number of pyridine rings is 1. The summed E-state index contributed by atoms with van der Waals surface area (Å²) in [7, 11) is 0. The van der Waals surface area contributed by atoms with Crippen molar-refractivity contribution in [1.82, 2.24) is 9.88 Å². The highest BCUT2D eigenvalue weighted by molar-refractivity contribution is 9.10. The lowest BCUT2D eigenvalue weighted by Gasteiger charge is -2.52. The predicted octanol–water partition coefficient (Wildman–Crippen LogP) is 3.75. The van der Waals surface area contributed by atoms with Gasteiger partial charge in [-0.3, -0.25) is 4.98 Å². The fourth-order valence-corrected chi connectivity index (χ4v) is 4.38. The molecule has 1 fully saturated rings. The second kappa shape index (κ2) is 7.23. The number of nitrogens with two attached hydrogens (primary N) is 1. The number of carbonyl (C=O) groups is 1. The molecule has 1 unspecified atom stereocenters. The van der Waals surface area contributed by atoms with Crippen molar-refractivity contribution in [1.29, 1.82) is 0 Å². The molecule has 2 amide bonds. The van der Waals surface area contributed by atoms with Crippen LogP contribution in [0, 0.1) is 5.82 Å². The standard InChI is InChI=1S/C19H22BrFN4O/c1-13(14-5-3-4-6-15(14)20)19(2)12-24(9-10-25(19)18(22)26)17-7-8-23-11-16(17)21/h3-8,11,13H,9-10,12H2,1-2H3,(H2,22,26)/t13-,19?/m1/s1. The lowest BCUT2D eigenvalue weighted by Crippen LogP contribution is -2.66. The lowest BCUT2D eigenvalue weighted by molar-refractivity contribution is 0.0995. The van der Waals surface area contributed by atoms with Gasteiger partial charge in [-0.1, -0.05) is 41.1 Å². The summed E-state index contributed by atoms with van der Waals surface area (Å²) in [5.41, 5.74) is 6.67. The van der Waals surface area contributed by atoms with E-state index in [-0.39, 0.29) is 11.7 Å². The normalized spacial score (nSPS) is 21.5. The molecule has 2 aromatic rings. The fourth-order valence-electron chi connectivity index (χ4n) is 3.75. The van der Waals surface area contributed by atoms with E-state index in [0.717, 1.165) is 10.0 Å². The molecule has 0 bridgehead atoms. The molecule has 1 aliphatic heterocycles. The van der Waals surface area contributed by atoms with E-state index in [2.05, 4.69) is 27.8 Å². The molecule has 1 aromatic carbocycles. The van der Waals surface area contributed by atoms with Gasteiger partial charge in [0.15, 0.2) is 5.82 Å². The van der Waals surface area contributed by atoms with Crippen LogP contribution < -0.4 is 10.6 Å². The molecule has 2 heterocycles. The van der Waals surface area contributed by atoms with Gasteiger partial charge in [-0.25, -0.2) is 9.18 Å². The number of benzene rings is 1. The molecule has 3 rings (SSSR count). The number of hydrogen-bond donors (Lipinski definition) is 1. The van der Waals surface area contributed by atoms with Crippen molar-refractivity contribution in [3.05, 3.63) is 58.6 Å². The van der Waals surface area contributed by atoms with E-state index >= 15 is 0 Å². The van der Waals surface area contributed by atoms with E-state index in [1.807, 2.05) is 36.1 Å². The molecule has 0 radical (unpaired) electrons. The minimum Gasteiger partial charge on any atom is -0.365 e. The maximum Gasteiger partial charge on any atom is 0.315 e. The molecule has 1 saturated heterocycles. The summed E-state index contributed by atoms with van der Waals surface area (Å²) < 4.78 is 15.2. The van der Waals surface area contributed by atoms with Crippen LogP contribution in [0.25, 0.3) is 0 Å². The summed E-state index contributed by atoms with van der Waals surface area (Å²) >= 11 is 3.60. The molecule has 1 aromatic heterocycles. The van der Waals surface area contributed by atoms with E-state index in [9.17, 15) is 9.18 Å². The van der Waals surface area contributed by atoms with Crippen LogP contribution in [0.1, 0.15) is 25.3 Å². The van der Waals surface area contributed by atoms with E-state index in [1.165, 1.54) is 6.20 Å². The fraction of sp³-hybridized carbons (Fsp3) is 0.368. The average Bonchev–Trinajstić information content (AvgIpc) is 2.61. The molecule has 2 atom stereocenters. The van der Waals surface area contributed by atoms with Gasteiger partial charge in [0.1, 0.15) is 0 Å². The number of anilines is 1. The Kier molecular flexibility index (Phi) is 5.18. The van der Waals surface area contributed by atoms with Crippen molar-refractivity contribution in [2.24, 2.45) is 5.73 Å². The van der Waals surface area contributed by atoms with Crippen LogP contribution in [0.3, 0.4) is 0 Å². The summed E-state index contributed by atoms with van der Waals surface area (Å²) in [6, 6.07) is 9.14. The Labute approximate surface area is 161 Å². The van der Waals surface area contributed by atoms with Crippen LogP contribution in [0.2, 0.25) is 0 Å². The number of nitrogens with zero attached hydrogens (tertiary/aromatic N) is 3. The second-order valence-electron chi connectivity index (χ2n) is 6.84. The van der Waals surface area contributed by atoms with Crippen molar-refractivity contribution in [3.8, 4) is 0 Å². The van der Waals surface area contributed by atoms with Crippen LogP contribution >= 0.6 is 15.9 Å². The van der Waals surface area contributed by atoms with E-state index < -0.39 is 11.6 Å². The SMILES string of the molecule is C[C@H](c1ccccc1Br)C1(C)CN(c2ccncc2F)CCN1C(N)=O. The zero-order valence-corrected chi connectivity index (χ0v) is 16.4. The van der Waals surface area contributed by atoms with Gasteiger partial charge in [-0.15, -0.1) is 0 Å². The van der Waals surface area contributed by atoms with Crippen molar-refractivity contribution < 1.29 is 9.18 Å². The quantitative estimate of drug-likeness (QED) is 0.822. The predicted molar refractivity (Wildman–Crippen MR) is 104 cm³/mol. The Morgan fingerprint density at radius 1 is 1.35 bits per heavy atom. The number of halogens is 2. The molecular weight excluding hydrogens is 399 g/mol. The number of hydrogen-bond acceptors (Lipinski definition) is 3. The number of piperazine rings is 1. The molecule has 0 spiro atoms. The Morgan fingerprint density at radius 2 is 2.08 bits per heavy atom. The molecule has 138 valence electrons. The van der Waals surface area contributed by atoms with Crippen molar-refractivity contribution >= 4 is 27.6 Å². The Hall–Kier alpha value is -2.15. The highest BCUT2D eigenvalue weighted by Gasteiger charge is 2.45. The third kappa shape index (κ3) is 3.28. The zero-order valence-electron chi connectivity index (χ0n) is 14.8. The van der Waals surface area contributed by atoms with Gasteiger partial charge >= 0.3 is 6.03 Å². The number of primary amides is 1. The number of aromatic nitrogens is 1. The number of urea groups is 1. The molecule has 0 aliphatic carbocycles. The summed E-state index contributed by atoms with van der Waals surface area (Å²) in [5.74, 6) is -0.380. The highest BCUT2D eigenvalue weighted by Crippen LogP contribution is 2.40. The molecule has 7 heteroatoms. The largest absolute Gasteiger partial charge is 0.365 e. The first-order valence-corrected chi connectivity index (χ1v) is 9.30. The van der Waals surface area contributed by atoms with Gasteiger partial charge in [-0.05, 0) is 24.6 Å². The van der Waals surface area contributed by atoms with Gasteiger partial charge < -0.3 is 15.5 Å². The van der Waals surface area contributed by atoms with Crippen LogP contribution in [0.15, 0.2) is 47.2 Å². The first-order valence-electron chi connectivity index (χ1n) is 8.50. The first kappa shape index (κ1) is 18.6. The molecule has 5 nitrogen and oxygen atoms in total. The smallest absolute Gasteiger partial charge is 0.315 e. The molecular formula is C19H22BrFN4O. The third-order valence-corrected chi connectivity index (χ3v) is 6.11. The van der Waals surface area contributed by atoms with Crippen LogP contribution in [-0.4, -0.2) is 41.1 Å². The second-order valence-corrected chi connectivity index (χ2v) is 7.69. The summed E-state index contributed by atoms with van der Waals surface area (Å²) in [5, 5.41) is 0. The summed E-state index contributed by atoms with van der Waals surface area (Å²) in [6.07, 6.45) is 2.79. The van der Waals surface area contributed by atoms with Crippen molar-refractivity contribution in [3.63, 3.8) is 0 Å². The molecule has 1 aliphatic rings. The summed E-state index contributed by atoms with van der Waals surface area (Å²) in [4.78, 5) is 19.6. The monoisotopic (exact) mass is 420 g/mol. The topological polar surface area (TPSA) is 62.5 Å². The van der Waals surface area contributed by atoms with Crippen LogP contribution in [0.4, 0.5) is 14.9 Å². The maximum atomic E-state index is 14.3. The van der Waals surface area contributed by atoms with E-state index in [1.54, 1.807) is 17.2 Å². The number of carbonyl (C=O) groups excluding carboxylic acids is 1. The van der Waals surface area contributed by atoms with E-state index in [0.29, 0.717) is 25.3 Å². The average molecular weight is 421 g/mol. The first-order chi connectivity index (χ1) is 12.3. The van der Waals surface area contributed by atoms with Crippen molar-refractivity contribution in [2.75, 3.05) is 24.5 Å². The third-order valence-electron chi connectivity index (χ3n) is 5.38. The number of rotatable bonds is 3. The van der Waals surface area contributed by atoms with Gasteiger partial charge in [0.05, 0.1) is 17.4 Å². The number of amides is 2.